The first kappa shape index (κ1) is 15.8. The van der Waals surface area contributed by atoms with Crippen molar-refractivity contribution in [2.24, 2.45) is 7.05 Å². The third-order valence-electron chi connectivity index (χ3n) is 4.33. The van der Waals surface area contributed by atoms with Crippen LogP contribution >= 0.6 is 11.3 Å². The van der Waals surface area contributed by atoms with Crippen LogP contribution in [0.1, 0.15) is 26.6 Å². The zero-order valence-corrected chi connectivity index (χ0v) is 14.7. The molecule has 25 heavy (non-hydrogen) atoms. The molecule has 1 aliphatic heterocycles. The summed E-state index contributed by atoms with van der Waals surface area (Å²) in [5, 5.41) is 9.76. The molecule has 128 valence electrons. The lowest BCUT2D eigenvalue weighted by Crippen LogP contribution is -2.36. The summed E-state index contributed by atoms with van der Waals surface area (Å²) in [6.07, 6.45) is 4.22. The van der Waals surface area contributed by atoms with Crippen molar-refractivity contribution in [1.29, 1.82) is 0 Å². The van der Waals surface area contributed by atoms with E-state index in [0.717, 1.165) is 22.7 Å². The van der Waals surface area contributed by atoms with Crippen LogP contribution in [0.15, 0.2) is 36.0 Å². The molecule has 7 nitrogen and oxygen atoms in total. The summed E-state index contributed by atoms with van der Waals surface area (Å²) in [5.74, 6) is 0.687. The van der Waals surface area contributed by atoms with E-state index >= 15 is 0 Å². The first-order valence-electron chi connectivity index (χ1n) is 8.09. The van der Waals surface area contributed by atoms with Crippen LogP contribution in [0, 0.1) is 0 Å². The number of hydrogen-bond acceptors (Lipinski definition) is 6. The number of nitrogens with zero attached hydrogens (tertiary/aromatic N) is 5. The Kier molecular flexibility index (Phi) is 4.19. The molecule has 4 heterocycles. The number of aryl methyl sites for hydroxylation is 1. The molecule has 0 unspecified atom stereocenters. The Hall–Kier alpha value is -2.74. The monoisotopic (exact) mass is 354 g/mol. The maximum absolute atomic E-state index is 12.6. The number of carbonyl (C=O) groups is 1. The van der Waals surface area contributed by atoms with Crippen LogP contribution < -0.4 is 5.32 Å². The molecule has 1 aliphatic rings. The molecule has 0 saturated carbocycles. The normalized spacial score (nSPS) is 13.6. The highest BCUT2D eigenvalue weighted by atomic mass is 32.1. The Balaban J connectivity index is 1.50. The Morgan fingerprint density at radius 1 is 1.32 bits per heavy atom. The van der Waals surface area contributed by atoms with Crippen molar-refractivity contribution in [3.63, 3.8) is 0 Å². The molecule has 1 amide bonds. The molecule has 8 heteroatoms. The average Bonchev–Trinajstić information content (AvgIpc) is 3.29. The second-order valence-corrected chi connectivity index (χ2v) is 6.82. The minimum Gasteiger partial charge on any atom is -0.348 e. The van der Waals surface area contributed by atoms with Crippen molar-refractivity contribution < 1.29 is 4.79 Å². The zero-order chi connectivity index (χ0) is 17.2. The van der Waals surface area contributed by atoms with Gasteiger partial charge in [0.2, 0.25) is 5.95 Å². The van der Waals surface area contributed by atoms with Crippen molar-refractivity contribution >= 4 is 23.2 Å². The average molecular weight is 354 g/mol. The largest absolute Gasteiger partial charge is 0.348 e. The van der Waals surface area contributed by atoms with Crippen LogP contribution in [-0.2, 0) is 26.6 Å². The van der Waals surface area contributed by atoms with Gasteiger partial charge in [-0.05, 0) is 23.9 Å². The molecule has 0 bridgehead atoms. The topological polar surface area (TPSA) is 75.9 Å². The van der Waals surface area contributed by atoms with Gasteiger partial charge < -0.3 is 10.2 Å². The third-order valence-corrected chi connectivity index (χ3v) is 5.19. The molecule has 1 N–H and O–H groups in total. The summed E-state index contributed by atoms with van der Waals surface area (Å²) in [6, 6.07) is 5.57. The molecule has 3 aromatic heterocycles. The highest BCUT2D eigenvalue weighted by molar-refractivity contribution is 7.12. The van der Waals surface area contributed by atoms with Gasteiger partial charge in [0, 0.05) is 31.5 Å². The Bertz CT molecular complexity index is 874. The lowest BCUT2D eigenvalue weighted by atomic mass is 10.0. The number of hydrogen-bond donors (Lipinski definition) is 1. The number of nitrogens with one attached hydrogen (secondary N) is 1. The molecular formula is C17H18N6OS. The minimum atomic E-state index is 0.0965. The molecular weight excluding hydrogens is 336 g/mol. The van der Waals surface area contributed by atoms with Gasteiger partial charge in [-0.1, -0.05) is 6.07 Å². The van der Waals surface area contributed by atoms with Crippen LogP contribution in [-0.4, -0.2) is 37.1 Å². The van der Waals surface area contributed by atoms with Crippen molar-refractivity contribution in [2.45, 2.75) is 19.5 Å². The predicted molar refractivity (Wildman–Crippen MR) is 95.3 cm³/mol. The quantitative estimate of drug-likeness (QED) is 0.776. The Morgan fingerprint density at radius 3 is 2.92 bits per heavy atom. The first-order valence-corrected chi connectivity index (χ1v) is 8.97. The van der Waals surface area contributed by atoms with Crippen molar-refractivity contribution in [3.05, 3.63) is 57.8 Å². The van der Waals surface area contributed by atoms with Crippen LogP contribution in [0.3, 0.4) is 0 Å². The van der Waals surface area contributed by atoms with Gasteiger partial charge in [-0.3, -0.25) is 9.48 Å². The molecule has 0 radical (unpaired) electrons. The highest BCUT2D eigenvalue weighted by Gasteiger charge is 2.27. The number of thiophene rings is 1. The zero-order valence-electron chi connectivity index (χ0n) is 13.8. The van der Waals surface area contributed by atoms with E-state index in [9.17, 15) is 4.79 Å². The smallest absolute Gasteiger partial charge is 0.264 e. The molecule has 3 aromatic rings. The van der Waals surface area contributed by atoms with E-state index in [4.69, 9.17) is 0 Å². The van der Waals surface area contributed by atoms with Crippen molar-refractivity contribution in [2.75, 3.05) is 11.9 Å². The van der Waals surface area contributed by atoms with Gasteiger partial charge in [-0.2, -0.15) is 5.10 Å². The number of carbonyl (C=O) groups excluding carboxylic acids is 1. The molecule has 0 fully saturated rings. The predicted octanol–water partition coefficient (Wildman–Crippen LogP) is 2.08. The number of amides is 1. The molecule has 0 aromatic carbocycles. The molecule has 4 rings (SSSR count). The summed E-state index contributed by atoms with van der Waals surface area (Å²) in [4.78, 5) is 23.6. The Morgan fingerprint density at radius 2 is 2.16 bits per heavy atom. The molecule has 0 atom stereocenters. The fourth-order valence-electron chi connectivity index (χ4n) is 3.08. The fourth-order valence-corrected chi connectivity index (χ4v) is 3.77. The summed E-state index contributed by atoms with van der Waals surface area (Å²) < 4.78 is 1.88. The van der Waals surface area contributed by atoms with E-state index in [-0.39, 0.29) is 5.91 Å². The number of fused-ring (bicyclic) bond motifs is 1. The van der Waals surface area contributed by atoms with Gasteiger partial charge in [0.25, 0.3) is 5.91 Å². The van der Waals surface area contributed by atoms with Crippen LogP contribution in [0.25, 0.3) is 0 Å². The van der Waals surface area contributed by atoms with E-state index in [2.05, 4.69) is 20.4 Å². The van der Waals surface area contributed by atoms with Crippen molar-refractivity contribution in [1.82, 2.24) is 24.6 Å². The maximum atomic E-state index is 12.6. The highest BCUT2D eigenvalue weighted by Crippen LogP contribution is 2.24. The van der Waals surface area contributed by atoms with Crippen LogP contribution in [0.5, 0.6) is 0 Å². The fraction of sp³-hybridized carbons (Fsp3) is 0.294. The second kappa shape index (κ2) is 6.64. The molecule has 0 aliphatic carbocycles. The van der Waals surface area contributed by atoms with E-state index in [1.807, 2.05) is 34.1 Å². The van der Waals surface area contributed by atoms with Gasteiger partial charge in [-0.15, -0.1) is 11.3 Å². The maximum Gasteiger partial charge on any atom is 0.264 e. The Labute approximate surface area is 149 Å². The number of aromatic nitrogens is 4. The summed E-state index contributed by atoms with van der Waals surface area (Å²) in [5.41, 5.74) is 3.32. The van der Waals surface area contributed by atoms with Crippen molar-refractivity contribution in [3.8, 4) is 0 Å². The van der Waals surface area contributed by atoms with E-state index in [1.54, 1.807) is 18.5 Å². The lowest BCUT2D eigenvalue weighted by Gasteiger charge is -2.27. The van der Waals surface area contributed by atoms with E-state index < -0.39 is 0 Å². The van der Waals surface area contributed by atoms with Gasteiger partial charge in [0.15, 0.2) is 0 Å². The molecule has 0 saturated heterocycles. The van der Waals surface area contributed by atoms with Gasteiger partial charge in [0.1, 0.15) is 0 Å². The van der Waals surface area contributed by atoms with Gasteiger partial charge in [0.05, 0.1) is 29.4 Å². The number of anilines is 1. The van der Waals surface area contributed by atoms with Gasteiger partial charge in [-0.25, -0.2) is 9.97 Å². The first-order chi connectivity index (χ1) is 12.2. The van der Waals surface area contributed by atoms with Crippen LogP contribution in [0.4, 0.5) is 5.95 Å². The summed E-state index contributed by atoms with van der Waals surface area (Å²) in [7, 11) is 1.93. The lowest BCUT2D eigenvalue weighted by molar-refractivity contribution is 0.0735. The molecule has 0 spiro atoms. The van der Waals surface area contributed by atoms with Crippen LogP contribution in [0.2, 0.25) is 0 Å². The van der Waals surface area contributed by atoms with Gasteiger partial charge >= 0.3 is 0 Å². The third kappa shape index (κ3) is 3.12. The summed E-state index contributed by atoms with van der Waals surface area (Å²) in [6.45, 7) is 1.88. The second-order valence-electron chi connectivity index (χ2n) is 5.88. The summed E-state index contributed by atoms with van der Waals surface area (Å²) >= 11 is 1.48. The number of rotatable bonds is 4. The minimum absolute atomic E-state index is 0.0965. The SMILES string of the molecule is Cn1nc(CNc2ncccn2)c2c1CN(C(=O)c1cccs1)CC2. The van der Waals surface area contributed by atoms with E-state index in [0.29, 0.717) is 25.6 Å². The van der Waals surface area contributed by atoms with E-state index in [1.165, 1.54) is 16.9 Å². The standard InChI is InChI=1S/C17H18N6OS/c1-22-14-11-23(16(24)15-4-2-9-25-15)8-5-12(14)13(21-22)10-20-17-18-6-3-7-19-17/h2-4,6-7,9H,5,8,10-11H2,1H3,(H,18,19,20).